The first-order chi connectivity index (χ1) is 9.15. The molecule has 1 aromatic carbocycles. The van der Waals surface area contributed by atoms with Crippen molar-refractivity contribution in [2.24, 2.45) is 5.92 Å². The number of nitrogens with zero attached hydrogens (tertiary/aromatic N) is 1. The summed E-state index contributed by atoms with van der Waals surface area (Å²) in [6.45, 7) is 3.11. The van der Waals surface area contributed by atoms with E-state index < -0.39 is 0 Å². The van der Waals surface area contributed by atoms with Crippen molar-refractivity contribution in [3.63, 3.8) is 0 Å². The van der Waals surface area contributed by atoms with E-state index in [9.17, 15) is 4.39 Å². The quantitative estimate of drug-likeness (QED) is 0.761. The summed E-state index contributed by atoms with van der Waals surface area (Å²) in [6.07, 6.45) is 6.14. The van der Waals surface area contributed by atoms with E-state index in [0.29, 0.717) is 11.9 Å². The van der Waals surface area contributed by atoms with Gasteiger partial charge in [0.25, 0.3) is 0 Å². The van der Waals surface area contributed by atoms with Crippen molar-refractivity contribution in [1.29, 1.82) is 5.41 Å². The number of amidine groups is 1. The van der Waals surface area contributed by atoms with Crippen LogP contribution >= 0.6 is 0 Å². The van der Waals surface area contributed by atoms with Gasteiger partial charge in [0.2, 0.25) is 0 Å². The minimum absolute atomic E-state index is 0.236. The SMILES string of the molecule is CC1CCCC(N2Cc3ccc(F)cc3C2=N)CC1. The monoisotopic (exact) mass is 260 g/mol. The lowest BCUT2D eigenvalue weighted by atomic mass is 10.0. The third-order valence-electron chi connectivity index (χ3n) is 4.62. The number of rotatable bonds is 1. The van der Waals surface area contributed by atoms with Gasteiger partial charge in [0.1, 0.15) is 11.7 Å². The van der Waals surface area contributed by atoms with Gasteiger partial charge in [0.15, 0.2) is 0 Å². The summed E-state index contributed by atoms with van der Waals surface area (Å²) in [5.74, 6) is 1.09. The number of nitrogens with one attached hydrogen (secondary N) is 1. The summed E-state index contributed by atoms with van der Waals surface area (Å²) in [7, 11) is 0. The zero-order chi connectivity index (χ0) is 13.4. The van der Waals surface area contributed by atoms with Crippen LogP contribution < -0.4 is 0 Å². The zero-order valence-electron chi connectivity index (χ0n) is 11.5. The van der Waals surface area contributed by atoms with Gasteiger partial charge in [-0.15, -0.1) is 0 Å². The second-order valence-electron chi connectivity index (χ2n) is 6.05. The molecule has 0 radical (unpaired) electrons. The van der Waals surface area contributed by atoms with Crippen LogP contribution in [0.15, 0.2) is 18.2 Å². The molecule has 1 N–H and O–H groups in total. The summed E-state index contributed by atoms with van der Waals surface area (Å²) in [4.78, 5) is 2.18. The summed E-state index contributed by atoms with van der Waals surface area (Å²) in [6, 6.07) is 5.31. The zero-order valence-corrected chi connectivity index (χ0v) is 11.5. The third kappa shape index (κ3) is 2.38. The van der Waals surface area contributed by atoms with Crippen LogP contribution in [-0.2, 0) is 6.54 Å². The van der Waals surface area contributed by atoms with Crippen molar-refractivity contribution in [2.75, 3.05) is 0 Å². The van der Waals surface area contributed by atoms with Crippen molar-refractivity contribution in [3.8, 4) is 0 Å². The molecule has 3 rings (SSSR count). The van der Waals surface area contributed by atoms with E-state index in [4.69, 9.17) is 5.41 Å². The Morgan fingerprint density at radius 1 is 1.21 bits per heavy atom. The third-order valence-corrected chi connectivity index (χ3v) is 4.62. The van der Waals surface area contributed by atoms with Crippen LogP contribution in [0.3, 0.4) is 0 Å². The molecular formula is C16H21FN2. The minimum atomic E-state index is -0.236. The number of halogens is 1. The molecule has 1 fully saturated rings. The lowest BCUT2D eigenvalue weighted by Crippen LogP contribution is -2.35. The summed E-state index contributed by atoms with van der Waals surface area (Å²) >= 11 is 0. The maximum atomic E-state index is 13.3. The first-order valence-electron chi connectivity index (χ1n) is 7.29. The lowest BCUT2D eigenvalue weighted by Gasteiger charge is -2.28. The Bertz CT molecular complexity index is 498. The van der Waals surface area contributed by atoms with Gasteiger partial charge in [-0.1, -0.05) is 25.8 Å². The molecule has 0 saturated heterocycles. The molecule has 19 heavy (non-hydrogen) atoms. The molecular weight excluding hydrogens is 239 g/mol. The van der Waals surface area contributed by atoms with Crippen LogP contribution in [0.25, 0.3) is 0 Å². The maximum absolute atomic E-state index is 13.3. The van der Waals surface area contributed by atoms with Crippen LogP contribution in [0.1, 0.15) is 50.2 Å². The minimum Gasteiger partial charge on any atom is -0.349 e. The van der Waals surface area contributed by atoms with Crippen molar-refractivity contribution < 1.29 is 4.39 Å². The van der Waals surface area contributed by atoms with Gasteiger partial charge in [0, 0.05) is 18.2 Å². The molecule has 2 unspecified atom stereocenters. The Hall–Kier alpha value is -1.38. The molecule has 1 aliphatic heterocycles. The molecule has 102 valence electrons. The first-order valence-corrected chi connectivity index (χ1v) is 7.29. The molecule has 2 atom stereocenters. The van der Waals surface area contributed by atoms with E-state index in [2.05, 4.69) is 11.8 Å². The predicted molar refractivity (Wildman–Crippen MR) is 74.8 cm³/mol. The van der Waals surface area contributed by atoms with Crippen LogP contribution in [-0.4, -0.2) is 16.8 Å². The molecule has 2 aliphatic rings. The van der Waals surface area contributed by atoms with Gasteiger partial charge < -0.3 is 4.90 Å². The van der Waals surface area contributed by atoms with Gasteiger partial charge in [-0.25, -0.2) is 4.39 Å². The number of hydrogen-bond acceptors (Lipinski definition) is 1. The molecule has 0 bridgehead atoms. The topological polar surface area (TPSA) is 27.1 Å². The van der Waals surface area contributed by atoms with Crippen LogP contribution in [0.4, 0.5) is 4.39 Å². The number of fused-ring (bicyclic) bond motifs is 1. The van der Waals surface area contributed by atoms with E-state index in [0.717, 1.165) is 23.6 Å². The van der Waals surface area contributed by atoms with Crippen molar-refractivity contribution in [1.82, 2.24) is 4.90 Å². The van der Waals surface area contributed by atoms with E-state index in [1.165, 1.54) is 44.2 Å². The number of hydrogen-bond donors (Lipinski definition) is 1. The molecule has 2 nitrogen and oxygen atoms in total. The fourth-order valence-corrected chi connectivity index (χ4v) is 3.42. The fourth-order valence-electron chi connectivity index (χ4n) is 3.42. The van der Waals surface area contributed by atoms with E-state index in [-0.39, 0.29) is 5.82 Å². The highest BCUT2D eigenvalue weighted by Crippen LogP contribution is 2.32. The second-order valence-corrected chi connectivity index (χ2v) is 6.05. The maximum Gasteiger partial charge on any atom is 0.129 e. The standard InChI is InChI=1S/C16H21FN2/c1-11-3-2-4-14(8-5-11)19-10-12-6-7-13(17)9-15(12)16(19)18/h6-7,9,11,14,18H,2-5,8,10H2,1H3. The molecule has 1 aliphatic carbocycles. The Labute approximate surface area is 114 Å². The highest BCUT2D eigenvalue weighted by Gasteiger charge is 2.31. The second kappa shape index (κ2) is 4.95. The highest BCUT2D eigenvalue weighted by atomic mass is 19.1. The van der Waals surface area contributed by atoms with E-state index in [1.54, 1.807) is 0 Å². The lowest BCUT2D eigenvalue weighted by molar-refractivity contribution is 0.283. The van der Waals surface area contributed by atoms with Crippen LogP contribution in [0, 0.1) is 17.1 Å². The summed E-state index contributed by atoms with van der Waals surface area (Å²) in [5.41, 5.74) is 1.89. The average molecular weight is 260 g/mol. The van der Waals surface area contributed by atoms with Crippen molar-refractivity contribution >= 4 is 5.84 Å². The Balaban J connectivity index is 1.79. The van der Waals surface area contributed by atoms with E-state index >= 15 is 0 Å². The molecule has 0 aromatic heterocycles. The molecule has 1 heterocycles. The van der Waals surface area contributed by atoms with E-state index in [1.807, 2.05) is 6.07 Å². The van der Waals surface area contributed by atoms with Gasteiger partial charge in [-0.2, -0.15) is 0 Å². The van der Waals surface area contributed by atoms with Gasteiger partial charge in [-0.05, 0) is 42.9 Å². The van der Waals surface area contributed by atoms with Gasteiger partial charge in [0.05, 0.1) is 0 Å². The molecule has 0 amide bonds. The molecule has 1 aromatic rings. The average Bonchev–Trinajstić information content (AvgIpc) is 2.58. The molecule has 1 saturated carbocycles. The van der Waals surface area contributed by atoms with Crippen LogP contribution in [0.2, 0.25) is 0 Å². The molecule has 0 spiro atoms. The Morgan fingerprint density at radius 2 is 2.05 bits per heavy atom. The van der Waals surface area contributed by atoms with Gasteiger partial charge >= 0.3 is 0 Å². The molecule has 3 heteroatoms. The predicted octanol–water partition coefficient (Wildman–Crippen LogP) is 3.94. The fraction of sp³-hybridized carbons (Fsp3) is 0.562. The smallest absolute Gasteiger partial charge is 0.129 e. The largest absolute Gasteiger partial charge is 0.349 e. The highest BCUT2D eigenvalue weighted by molar-refractivity contribution is 6.00. The summed E-state index contributed by atoms with van der Waals surface area (Å²) < 4.78 is 13.3. The van der Waals surface area contributed by atoms with Crippen molar-refractivity contribution in [2.45, 2.75) is 51.6 Å². The summed E-state index contributed by atoms with van der Waals surface area (Å²) in [5, 5.41) is 8.30. The van der Waals surface area contributed by atoms with Crippen LogP contribution in [0.5, 0.6) is 0 Å². The normalized spacial score (nSPS) is 27.3. The first kappa shape index (κ1) is 12.6. The Morgan fingerprint density at radius 3 is 2.89 bits per heavy atom. The van der Waals surface area contributed by atoms with Gasteiger partial charge in [-0.3, -0.25) is 5.41 Å². The Kier molecular flexibility index (Phi) is 3.29. The number of benzene rings is 1. The van der Waals surface area contributed by atoms with Crippen molar-refractivity contribution in [3.05, 3.63) is 35.1 Å².